The molecule has 2 aromatic rings. The van der Waals surface area contributed by atoms with Crippen LogP contribution >= 0.6 is 11.3 Å². The topological polar surface area (TPSA) is 105 Å². The monoisotopic (exact) mass is 453 g/mol. The van der Waals surface area contributed by atoms with E-state index in [9.17, 15) is 14.7 Å². The molecule has 0 saturated heterocycles. The van der Waals surface area contributed by atoms with Crippen molar-refractivity contribution in [3.63, 3.8) is 0 Å². The SMILES string of the molecule is CCCN(Cc1nc2sc(C(=O)OC(C)C)c(C)c2c(=O)[nH]1)CC(O)COC(C)(C)C. The van der Waals surface area contributed by atoms with Crippen LogP contribution in [0.3, 0.4) is 0 Å². The molecule has 0 aromatic carbocycles. The van der Waals surface area contributed by atoms with E-state index < -0.39 is 12.1 Å². The molecule has 9 heteroatoms. The average Bonchev–Trinajstić information content (AvgIpc) is 2.96. The van der Waals surface area contributed by atoms with E-state index in [2.05, 4.69) is 16.9 Å². The fourth-order valence-electron chi connectivity index (χ4n) is 3.19. The van der Waals surface area contributed by atoms with Crippen molar-refractivity contribution in [2.75, 3.05) is 19.7 Å². The number of fused-ring (bicyclic) bond motifs is 1. The molecule has 31 heavy (non-hydrogen) atoms. The number of esters is 1. The normalized spacial score (nSPS) is 13.4. The number of aromatic nitrogens is 2. The molecule has 1 unspecified atom stereocenters. The summed E-state index contributed by atoms with van der Waals surface area (Å²) in [4.78, 5) is 35.5. The molecule has 0 fully saturated rings. The number of nitrogens with one attached hydrogen (secondary N) is 1. The summed E-state index contributed by atoms with van der Waals surface area (Å²) in [6, 6.07) is 0. The lowest BCUT2D eigenvalue weighted by molar-refractivity contribution is -0.0568. The van der Waals surface area contributed by atoms with Gasteiger partial charge in [-0.2, -0.15) is 0 Å². The number of aliphatic hydroxyl groups is 1. The fraction of sp³-hybridized carbons (Fsp3) is 0.682. The van der Waals surface area contributed by atoms with Gasteiger partial charge < -0.3 is 19.6 Å². The minimum Gasteiger partial charge on any atom is -0.459 e. The Kier molecular flexibility index (Phi) is 8.76. The number of hydrogen-bond acceptors (Lipinski definition) is 8. The summed E-state index contributed by atoms with van der Waals surface area (Å²) in [5.41, 5.74) is -0.00336. The number of carbonyl (C=O) groups is 1. The number of rotatable bonds is 10. The van der Waals surface area contributed by atoms with Crippen LogP contribution in [0.4, 0.5) is 0 Å². The average molecular weight is 454 g/mol. The Morgan fingerprint density at radius 2 is 2.00 bits per heavy atom. The molecule has 2 heterocycles. The quantitative estimate of drug-likeness (QED) is 0.532. The smallest absolute Gasteiger partial charge is 0.348 e. The molecule has 0 aliphatic rings. The summed E-state index contributed by atoms with van der Waals surface area (Å²) in [7, 11) is 0. The van der Waals surface area contributed by atoms with Gasteiger partial charge in [-0.15, -0.1) is 11.3 Å². The maximum atomic E-state index is 12.7. The van der Waals surface area contributed by atoms with Crippen molar-refractivity contribution in [3.05, 3.63) is 26.6 Å². The molecule has 1 atom stereocenters. The summed E-state index contributed by atoms with van der Waals surface area (Å²) in [6.45, 7) is 15.0. The molecule has 2 N–H and O–H groups in total. The van der Waals surface area contributed by atoms with Crippen molar-refractivity contribution in [1.82, 2.24) is 14.9 Å². The van der Waals surface area contributed by atoms with Crippen LogP contribution in [0.15, 0.2) is 4.79 Å². The van der Waals surface area contributed by atoms with E-state index in [4.69, 9.17) is 9.47 Å². The summed E-state index contributed by atoms with van der Waals surface area (Å²) in [5, 5.41) is 10.8. The Bertz CT molecular complexity index is 945. The van der Waals surface area contributed by atoms with Crippen molar-refractivity contribution >= 4 is 27.5 Å². The first-order valence-electron chi connectivity index (χ1n) is 10.7. The van der Waals surface area contributed by atoms with Crippen molar-refractivity contribution < 1.29 is 19.4 Å². The fourth-order valence-corrected chi connectivity index (χ4v) is 4.27. The standard InChI is InChI=1S/C22H35N3O5S/c1-8-9-25(10-15(26)12-29-22(5,6)7)11-16-23-19(27)17-14(4)18(31-20(17)24-16)21(28)30-13(2)3/h13,15,26H,8-12H2,1-7H3,(H,23,24,27). The number of aryl methyl sites for hydroxylation is 1. The highest BCUT2D eigenvalue weighted by molar-refractivity contribution is 7.20. The first kappa shape index (κ1) is 25.5. The van der Waals surface area contributed by atoms with Crippen LogP contribution in [-0.4, -0.2) is 63.4 Å². The zero-order valence-corrected chi connectivity index (χ0v) is 20.4. The number of H-pyrrole nitrogens is 1. The van der Waals surface area contributed by atoms with Crippen molar-refractivity contribution in [2.45, 2.75) is 79.2 Å². The molecule has 0 aliphatic carbocycles. The second-order valence-corrected chi connectivity index (χ2v) is 10.0. The zero-order chi connectivity index (χ0) is 23.3. The number of carbonyl (C=O) groups excluding carboxylic acids is 1. The Labute approximate surface area is 187 Å². The van der Waals surface area contributed by atoms with Gasteiger partial charge in [0.15, 0.2) is 0 Å². The predicted octanol–water partition coefficient (Wildman–Crippen LogP) is 3.25. The lowest BCUT2D eigenvalue weighted by Crippen LogP contribution is -2.37. The first-order chi connectivity index (χ1) is 14.4. The number of ether oxygens (including phenoxy) is 2. The highest BCUT2D eigenvalue weighted by atomic mass is 32.1. The Hall–Kier alpha value is -1.81. The predicted molar refractivity (Wildman–Crippen MR) is 123 cm³/mol. The van der Waals surface area contributed by atoms with Gasteiger partial charge in [0.1, 0.15) is 15.5 Å². The van der Waals surface area contributed by atoms with Gasteiger partial charge in [0.25, 0.3) is 5.56 Å². The van der Waals surface area contributed by atoms with E-state index in [1.54, 1.807) is 20.8 Å². The maximum Gasteiger partial charge on any atom is 0.348 e. The van der Waals surface area contributed by atoms with Crippen LogP contribution < -0.4 is 5.56 Å². The first-order valence-corrected chi connectivity index (χ1v) is 11.5. The summed E-state index contributed by atoms with van der Waals surface area (Å²) in [5.74, 6) is 0.0611. The van der Waals surface area contributed by atoms with Gasteiger partial charge in [0.2, 0.25) is 0 Å². The van der Waals surface area contributed by atoms with E-state index in [1.807, 2.05) is 25.7 Å². The molecule has 0 aliphatic heterocycles. The molecule has 0 spiro atoms. The van der Waals surface area contributed by atoms with Crippen LogP contribution in [0.25, 0.3) is 10.2 Å². The van der Waals surface area contributed by atoms with Gasteiger partial charge in [-0.25, -0.2) is 9.78 Å². The molecule has 0 amide bonds. The van der Waals surface area contributed by atoms with Gasteiger partial charge in [-0.1, -0.05) is 6.92 Å². The minimum atomic E-state index is -0.650. The van der Waals surface area contributed by atoms with E-state index in [0.717, 1.165) is 13.0 Å². The summed E-state index contributed by atoms with van der Waals surface area (Å²) in [6.07, 6.45) is 0.000592. The molecule has 174 valence electrons. The van der Waals surface area contributed by atoms with Gasteiger partial charge in [0, 0.05) is 6.54 Å². The van der Waals surface area contributed by atoms with Gasteiger partial charge >= 0.3 is 5.97 Å². The van der Waals surface area contributed by atoms with E-state index in [1.165, 1.54) is 11.3 Å². The van der Waals surface area contributed by atoms with Crippen LogP contribution in [0.5, 0.6) is 0 Å². The lowest BCUT2D eigenvalue weighted by atomic mass is 10.2. The van der Waals surface area contributed by atoms with Gasteiger partial charge in [-0.3, -0.25) is 9.69 Å². The van der Waals surface area contributed by atoms with Gasteiger partial charge in [0.05, 0.1) is 36.3 Å². The Morgan fingerprint density at radius 1 is 1.32 bits per heavy atom. The minimum absolute atomic E-state index is 0.234. The number of aliphatic hydroxyl groups excluding tert-OH is 1. The van der Waals surface area contributed by atoms with Crippen LogP contribution in [0.2, 0.25) is 0 Å². The van der Waals surface area contributed by atoms with Crippen LogP contribution in [-0.2, 0) is 16.0 Å². The summed E-state index contributed by atoms with van der Waals surface area (Å²) >= 11 is 1.17. The highest BCUT2D eigenvalue weighted by Crippen LogP contribution is 2.28. The molecule has 2 rings (SSSR count). The molecule has 8 nitrogen and oxygen atoms in total. The van der Waals surface area contributed by atoms with E-state index >= 15 is 0 Å². The van der Waals surface area contributed by atoms with Crippen molar-refractivity contribution in [3.8, 4) is 0 Å². The largest absolute Gasteiger partial charge is 0.459 e. The lowest BCUT2D eigenvalue weighted by Gasteiger charge is -2.26. The summed E-state index contributed by atoms with van der Waals surface area (Å²) < 4.78 is 11.0. The third kappa shape index (κ3) is 7.38. The van der Waals surface area contributed by atoms with Crippen molar-refractivity contribution in [1.29, 1.82) is 0 Å². The molecule has 2 aromatic heterocycles. The Balaban J connectivity index is 2.22. The Morgan fingerprint density at radius 3 is 2.58 bits per heavy atom. The molecule has 0 radical (unpaired) electrons. The number of thiophene rings is 1. The second kappa shape index (κ2) is 10.7. The number of nitrogens with zero attached hydrogens (tertiary/aromatic N) is 2. The third-order valence-electron chi connectivity index (χ3n) is 4.47. The van der Waals surface area contributed by atoms with E-state index in [-0.39, 0.29) is 23.9 Å². The molecule has 0 bridgehead atoms. The maximum absolute atomic E-state index is 12.7. The number of aromatic amines is 1. The van der Waals surface area contributed by atoms with Crippen molar-refractivity contribution in [2.24, 2.45) is 0 Å². The second-order valence-electron chi connectivity index (χ2n) is 9.02. The molecular formula is C22H35N3O5S. The molecule has 0 saturated carbocycles. The molecular weight excluding hydrogens is 418 g/mol. The zero-order valence-electron chi connectivity index (χ0n) is 19.6. The van der Waals surface area contributed by atoms with Crippen LogP contribution in [0.1, 0.15) is 69.0 Å². The third-order valence-corrected chi connectivity index (χ3v) is 5.63. The van der Waals surface area contributed by atoms with E-state index in [0.29, 0.717) is 39.6 Å². The number of hydrogen-bond donors (Lipinski definition) is 2. The highest BCUT2D eigenvalue weighted by Gasteiger charge is 2.22. The van der Waals surface area contributed by atoms with Crippen LogP contribution in [0, 0.1) is 6.92 Å². The van der Waals surface area contributed by atoms with Gasteiger partial charge in [-0.05, 0) is 60.1 Å².